The van der Waals surface area contributed by atoms with Crippen LogP contribution in [-0.4, -0.2) is 18.2 Å². The maximum Gasteiger partial charge on any atom is 0.312 e. The van der Waals surface area contributed by atoms with Gasteiger partial charge in [-0.15, -0.1) is 0 Å². The Kier molecular flexibility index (Phi) is 10.3. The van der Waals surface area contributed by atoms with E-state index in [2.05, 4.69) is 50.0 Å². The molecule has 0 unspecified atom stereocenters. The highest BCUT2D eigenvalue weighted by atomic mass is 32.2. The number of carbonyl (C=O) groups is 1. The molecule has 5 heteroatoms. The zero-order chi connectivity index (χ0) is 26.1. The fraction of sp³-hybridized carbons (Fsp3) is 0.500. The molecule has 0 saturated carbocycles. The summed E-state index contributed by atoms with van der Waals surface area (Å²) in [4.78, 5) is 13.6. The lowest BCUT2D eigenvalue weighted by atomic mass is 9.73. The van der Waals surface area contributed by atoms with Crippen LogP contribution in [0.5, 0.6) is 5.75 Å². The third kappa shape index (κ3) is 10.8. The maximum absolute atomic E-state index is 12.6. The van der Waals surface area contributed by atoms with E-state index in [1.165, 1.54) is 17.5 Å². The third-order valence-electron chi connectivity index (χ3n) is 5.60. The van der Waals surface area contributed by atoms with E-state index in [9.17, 15) is 4.79 Å². The summed E-state index contributed by atoms with van der Waals surface area (Å²) in [6.07, 6.45) is 3.30. The molecule has 0 fully saturated rings. The highest BCUT2D eigenvalue weighted by molar-refractivity contribution is 7.97. The maximum atomic E-state index is 12.6. The molecule has 0 spiro atoms. The summed E-state index contributed by atoms with van der Waals surface area (Å²) in [5.74, 6) is 7.28. The highest BCUT2D eigenvalue weighted by Crippen LogP contribution is 2.38. The molecule has 35 heavy (non-hydrogen) atoms. The van der Waals surface area contributed by atoms with Crippen molar-refractivity contribution in [2.45, 2.75) is 84.6 Å². The van der Waals surface area contributed by atoms with E-state index in [1.54, 1.807) is 0 Å². The van der Waals surface area contributed by atoms with E-state index in [-0.39, 0.29) is 11.4 Å². The Labute approximate surface area is 216 Å². The quantitative estimate of drug-likeness (QED) is 0.215. The lowest BCUT2D eigenvalue weighted by molar-refractivity contribution is -0.167. The smallest absolute Gasteiger partial charge is 0.312 e. The fourth-order valence-electron chi connectivity index (χ4n) is 3.99. The Morgan fingerprint density at radius 3 is 2.14 bits per heavy atom. The van der Waals surface area contributed by atoms with Crippen LogP contribution in [0.4, 0.5) is 0 Å². The summed E-state index contributed by atoms with van der Waals surface area (Å²) >= 11 is 1.23. The molecule has 0 aromatic heterocycles. The van der Waals surface area contributed by atoms with Crippen LogP contribution in [0.2, 0.25) is 0 Å². The van der Waals surface area contributed by atoms with E-state index in [4.69, 9.17) is 14.6 Å². The highest BCUT2D eigenvalue weighted by Gasteiger charge is 2.37. The molecule has 0 heterocycles. The van der Waals surface area contributed by atoms with Crippen molar-refractivity contribution in [2.75, 3.05) is 6.61 Å². The Morgan fingerprint density at radius 2 is 1.57 bits per heavy atom. The first-order chi connectivity index (χ1) is 16.3. The number of benzene rings is 2. The van der Waals surface area contributed by atoms with Crippen molar-refractivity contribution < 1.29 is 14.3 Å². The van der Waals surface area contributed by atoms with Gasteiger partial charge in [-0.25, -0.2) is 0 Å². The van der Waals surface area contributed by atoms with Crippen LogP contribution in [0.15, 0.2) is 53.4 Å². The van der Waals surface area contributed by atoms with Crippen molar-refractivity contribution in [3.05, 3.63) is 59.7 Å². The summed E-state index contributed by atoms with van der Waals surface area (Å²) in [6, 6.07) is 16.1. The molecular formula is C30H41NO3S. The zero-order valence-electron chi connectivity index (χ0n) is 22.4. The lowest BCUT2D eigenvalue weighted by Crippen LogP contribution is -2.36. The molecule has 0 amide bonds. The number of nitrogens with two attached hydrogens (primary N) is 1. The number of rotatable bonds is 10. The van der Waals surface area contributed by atoms with Gasteiger partial charge in [0, 0.05) is 23.3 Å². The first-order valence-electron chi connectivity index (χ1n) is 12.2. The van der Waals surface area contributed by atoms with E-state index in [0.717, 1.165) is 41.9 Å². The molecule has 2 N–H and O–H groups in total. The standard InChI is InChI=1S/C30H41NO3S/c1-28(2,3)34-27(32)30(6,7)22-29(4,5)20-9-8-10-23-11-13-24(14-12-23)19-21-33-25-15-17-26(35-31)18-16-25/h11-18H,9,19-22,31H2,1-7H3. The Balaban J connectivity index is 1.79. The Morgan fingerprint density at radius 1 is 0.943 bits per heavy atom. The average molecular weight is 496 g/mol. The summed E-state index contributed by atoms with van der Waals surface area (Å²) in [5.41, 5.74) is 1.22. The van der Waals surface area contributed by atoms with Gasteiger partial charge in [-0.05, 0) is 107 Å². The molecule has 0 aliphatic carbocycles. The number of carbonyl (C=O) groups excluding carboxylic acids is 1. The van der Waals surface area contributed by atoms with E-state index >= 15 is 0 Å². The number of hydrogen-bond donors (Lipinski definition) is 1. The molecule has 0 atom stereocenters. The van der Waals surface area contributed by atoms with Crippen LogP contribution in [0.3, 0.4) is 0 Å². The predicted octanol–water partition coefficient (Wildman–Crippen LogP) is 7.19. The van der Waals surface area contributed by atoms with Gasteiger partial charge >= 0.3 is 5.97 Å². The minimum atomic E-state index is -0.531. The van der Waals surface area contributed by atoms with Crippen LogP contribution in [0.1, 0.15) is 78.9 Å². The van der Waals surface area contributed by atoms with E-state index in [0.29, 0.717) is 6.61 Å². The molecule has 190 valence electrons. The molecule has 0 aliphatic heterocycles. The SMILES string of the molecule is CC(C)(CCC#Cc1ccc(CCOc2ccc(SN)cc2)cc1)CC(C)(C)C(=O)OC(C)(C)C. The average Bonchev–Trinajstić information content (AvgIpc) is 2.76. The van der Waals surface area contributed by atoms with Gasteiger partial charge in [0.15, 0.2) is 0 Å². The van der Waals surface area contributed by atoms with E-state index in [1.807, 2.05) is 58.9 Å². The minimum Gasteiger partial charge on any atom is -0.493 e. The first-order valence-corrected chi connectivity index (χ1v) is 13.1. The van der Waals surface area contributed by atoms with Gasteiger partial charge in [0.25, 0.3) is 0 Å². The molecule has 4 nitrogen and oxygen atoms in total. The molecule has 0 bridgehead atoms. The van der Waals surface area contributed by atoms with Crippen molar-refractivity contribution >= 4 is 17.9 Å². The van der Waals surface area contributed by atoms with Gasteiger partial charge in [0.2, 0.25) is 0 Å². The normalized spacial score (nSPS) is 12.0. The summed E-state index contributed by atoms with van der Waals surface area (Å²) in [6.45, 7) is 14.7. The van der Waals surface area contributed by atoms with Crippen LogP contribution in [0, 0.1) is 22.7 Å². The topological polar surface area (TPSA) is 61.5 Å². The summed E-state index contributed by atoms with van der Waals surface area (Å²) < 4.78 is 11.4. The Hall–Kier alpha value is -2.42. The summed E-state index contributed by atoms with van der Waals surface area (Å²) in [7, 11) is 0. The van der Waals surface area contributed by atoms with Crippen molar-refractivity contribution in [2.24, 2.45) is 16.0 Å². The predicted molar refractivity (Wildman–Crippen MR) is 146 cm³/mol. The second kappa shape index (κ2) is 12.5. The van der Waals surface area contributed by atoms with Crippen molar-refractivity contribution in [1.29, 1.82) is 0 Å². The van der Waals surface area contributed by atoms with Gasteiger partial charge in [-0.1, -0.05) is 37.8 Å². The first kappa shape index (κ1) is 28.8. The van der Waals surface area contributed by atoms with Crippen LogP contribution >= 0.6 is 11.9 Å². The fourth-order valence-corrected chi connectivity index (χ4v) is 4.29. The van der Waals surface area contributed by atoms with Gasteiger partial charge in [-0.3, -0.25) is 9.93 Å². The van der Waals surface area contributed by atoms with Crippen molar-refractivity contribution in [3.63, 3.8) is 0 Å². The van der Waals surface area contributed by atoms with Crippen molar-refractivity contribution in [3.8, 4) is 17.6 Å². The van der Waals surface area contributed by atoms with Crippen molar-refractivity contribution in [1.82, 2.24) is 0 Å². The van der Waals surface area contributed by atoms with Gasteiger partial charge < -0.3 is 9.47 Å². The molecular weight excluding hydrogens is 454 g/mol. The molecule has 0 aliphatic rings. The van der Waals surface area contributed by atoms with Gasteiger partial charge in [-0.2, -0.15) is 0 Å². The molecule has 0 radical (unpaired) electrons. The van der Waals surface area contributed by atoms with E-state index < -0.39 is 11.0 Å². The van der Waals surface area contributed by atoms with Crippen LogP contribution in [0.25, 0.3) is 0 Å². The lowest BCUT2D eigenvalue weighted by Gasteiger charge is -2.35. The monoisotopic (exact) mass is 495 g/mol. The van der Waals surface area contributed by atoms with Gasteiger partial charge in [0.1, 0.15) is 11.4 Å². The molecule has 2 aromatic carbocycles. The number of hydrogen-bond acceptors (Lipinski definition) is 5. The molecule has 2 rings (SSSR count). The largest absolute Gasteiger partial charge is 0.493 e. The third-order valence-corrected chi connectivity index (χ3v) is 6.15. The minimum absolute atomic E-state index is 0.0115. The second-order valence-corrected chi connectivity index (χ2v) is 12.1. The Bertz CT molecular complexity index is 1010. The van der Waals surface area contributed by atoms with Gasteiger partial charge in [0.05, 0.1) is 12.0 Å². The number of ether oxygens (including phenoxy) is 2. The second-order valence-electron chi connectivity index (χ2n) is 11.4. The molecule has 2 aromatic rings. The number of esters is 1. The van der Waals surface area contributed by atoms with Crippen LogP contribution in [-0.2, 0) is 16.0 Å². The zero-order valence-corrected chi connectivity index (χ0v) is 23.2. The molecule has 0 saturated heterocycles. The summed E-state index contributed by atoms with van der Waals surface area (Å²) in [5, 5.41) is 5.54. The van der Waals surface area contributed by atoms with Crippen LogP contribution < -0.4 is 9.88 Å².